The molecule has 310 valence electrons. The fourth-order valence-electron chi connectivity index (χ4n) is 8.18. The number of halogens is 3. The highest BCUT2D eigenvalue weighted by atomic mass is 32.1. The zero-order valence-electron chi connectivity index (χ0n) is 33.3. The van der Waals surface area contributed by atoms with Gasteiger partial charge in [0.2, 0.25) is 5.91 Å². The van der Waals surface area contributed by atoms with Crippen molar-refractivity contribution < 1.29 is 22.8 Å². The number of benzene rings is 3. The van der Waals surface area contributed by atoms with Crippen LogP contribution in [0.25, 0.3) is 41.6 Å². The molecule has 6 heterocycles. The summed E-state index contributed by atoms with van der Waals surface area (Å²) in [6, 6.07) is 24.8. The number of alkyl halides is 3. The predicted molar refractivity (Wildman–Crippen MR) is 240 cm³/mol. The highest BCUT2D eigenvalue weighted by Crippen LogP contribution is 2.48. The van der Waals surface area contributed by atoms with Gasteiger partial charge in [-0.05, 0) is 93.0 Å². The van der Waals surface area contributed by atoms with E-state index in [9.17, 15) is 22.8 Å². The van der Waals surface area contributed by atoms with E-state index >= 15 is 0 Å². The molecule has 2 aliphatic rings. The van der Waals surface area contributed by atoms with E-state index in [-0.39, 0.29) is 17.0 Å². The molecule has 0 fully saturated rings. The third-order valence-electron chi connectivity index (χ3n) is 11.5. The van der Waals surface area contributed by atoms with Crippen molar-refractivity contribution in [1.29, 1.82) is 0 Å². The molecule has 3 aromatic carbocycles. The number of carbonyl (C=O) groups is 2. The second kappa shape index (κ2) is 16.7. The number of hydrogen-bond donors (Lipinski definition) is 2. The number of amides is 2. The number of thiazole rings is 2. The molecule has 1 unspecified atom stereocenters. The maximum Gasteiger partial charge on any atom is 0.471 e. The largest absolute Gasteiger partial charge is 0.471 e. The highest BCUT2D eigenvalue weighted by Gasteiger charge is 2.40. The first-order valence-corrected chi connectivity index (χ1v) is 23.4. The molecule has 60 heavy (non-hydrogen) atoms. The van der Waals surface area contributed by atoms with Crippen LogP contribution in [0.5, 0.6) is 0 Å². The molecule has 0 spiro atoms. The summed E-state index contributed by atoms with van der Waals surface area (Å²) in [5, 5.41) is 8.12. The van der Waals surface area contributed by atoms with Crippen molar-refractivity contribution in [2.24, 2.45) is 0 Å². The molecule has 4 aromatic heterocycles. The van der Waals surface area contributed by atoms with E-state index in [1.54, 1.807) is 22.7 Å². The maximum atomic E-state index is 13.5. The Morgan fingerprint density at radius 2 is 1.22 bits per heavy atom. The van der Waals surface area contributed by atoms with Gasteiger partial charge in [-0.1, -0.05) is 48.5 Å². The third-order valence-corrected chi connectivity index (χ3v) is 15.8. The lowest BCUT2D eigenvalue weighted by atomic mass is 9.98. The summed E-state index contributed by atoms with van der Waals surface area (Å²) in [6.07, 6.45) is -1.67. The molecule has 2 N–H and O–H groups in total. The van der Waals surface area contributed by atoms with Crippen LogP contribution in [-0.2, 0) is 48.4 Å². The molecule has 0 saturated heterocycles. The molecule has 0 saturated carbocycles. The number of anilines is 2. The van der Waals surface area contributed by atoms with E-state index in [0.29, 0.717) is 42.4 Å². The number of nitrogens with zero attached hydrogens (tertiary/aromatic N) is 4. The molecular weight excluding hydrogens is 842 g/mol. The maximum absolute atomic E-state index is 13.5. The summed E-state index contributed by atoms with van der Waals surface area (Å²) >= 11 is 6.00. The number of fused-ring (bicyclic) bond motifs is 4. The minimum absolute atomic E-state index is 0.0140. The van der Waals surface area contributed by atoms with E-state index < -0.39 is 12.1 Å². The number of nitrogens with one attached hydrogen (secondary N) is 2. The van der Waals surface area contributed by atoms with Crippen molar-refractivity contribution in [1.82, 2.24) is 19.8 Å². The first-order valence-electron chi connectivity index (χ1n) is 20.1. The molecule has 9 rings (SSSR count). The quantitative estimate of drug-likeness (QED) is 0.134. The summed E-state index contributed by atoms with van der Waals surface area (Å²) in [5.74, 6) is -1.99. The number of para-hydroxylation sites is 2. The Labute approximate surface area is 362 Å². The summed E-state index contributed by atoms with van der Waals surface area (Å²) < 4.78 is 42.2. The zero-order chi connectivity index (χ0) is 41.7. The lowest BCUT2D eigenvalue weighted by Gasteiger charge is -2.32. The Balaban J connectivity index is 0.850. The lowest BCUT2D eigenvalue weighted by molar-refractivity contribution is -0.167. The van der Waals surface area contributed by atoms with Gasteiger partial charge in [0.05, 0.1) is 20.4 Å². The van der Waals surface area contributed by atoms with Crippen molar-refractivity contribution in [3.8, 4) is 21.1 Å². The van der Waals surface area contributed by atoms with E-state index in [4.69, 9.17) is 9.97 Å². The average Bonchev–Trinajstić information content (AvgIpc) is 4.01. The van der Waals surface area contributed by atoms with Gasteiger partial charge in [-0.25, -0.2) is 9.97 Å². The Bertz CT molecular complexity index is 2650. The molecule has 1 atom stereocenters. The first kappa shape index (κ1) is 40.9. The van der Waals surface area contributed by atoms with Crippen molar-refractivity contribution in [2.45, 2.75) is 84.2 Å². The van der Waals surface area contributed by atoms with Crippen molar-refractivity contribution >= 4 is 87.6 Å². The second-order valence-corrected chi connectivity index (χ2v) is 20.1. The Hall–Kier alpha value is -4.51. The second-order valence-electron chi connectivity index (χ2n) is 15.8. The number of carbonyl (C=O) groups excluding carboxylic acids is 2. The van der Waals surface area contributed by atoms with Gasteiger partial charge in [0, 0.05) is 65.6 Å². The monoisotopic (exact) mass is 884 g/mol. The van der Waals surface area contributed by atoms with Gasteiger partial charge < -0.3 is 10.6 Å². The molecule has 15 heteroatoms. The number of aromatic nitrogens is 2. The SMILES string of the molecule is CC(C)N1CCc2c(sc(NC(=O)CCc3ccc(CC(C)N4CCc5c(sc(NC(=O)C(F)(F)F)c5-c5nc6ccccc6s5)C4)cc3)c2-c2nc3ccccc3s2)C1. The average molecular weight is 885 g/mol. The first-order chi connectivity index (χ1) is 28.9. The molecule has 8 nitrogen and oxygen atoms in total. The third kappa shape index (κ3) is 8.40. The summed E-state index contributed by atoms with van der Waals surface area (Å²) in [4.78, 5) is 42.5. The lowest BCUT2D eigenvalue weighted by Crippen LogP contribution is -2.38. The zero-order valence-corrected chi connectivity index (χ0v) is 36.6. The van der Waals surface area contributed by atoms with Gasteiger partial charge in [0.15, 0.2) is 0 Å². The predicted octanol–water partition coefficient (Wildman–Crippen LogP) is 11.2. The van der Waals surface area contributed by atoms with Gasteiger partial charge >= 0.3 is 12.1 Å². The Morgan fingerprint density at radius 3 is 1.77 bits per heavy atom. The number of hydrogen-bond acceptors (Lipinski definition) is 10. The summed E-state index contributed by atoms with van der Waals surface area (Å²) in [6.45, 7) is 9.78. The Morgan fingerprint density at radius 1 is 0.700 bits per heavy atom. The van der Waals surface area contributed by atoms with Crippen LogP contribution >= 0.6 is 45.3 Å². The van der Waals surface area contributed by atoms with Crippen LogP contribution in [0.1, 0.15) is 59.2 Å². The van der Waals surface area contributed by atoms with Gasteiger partial charge in [0.25, 0.3) is 0 Å². The number of thiophene rings is 2. The summed E-state index contributed by atoms with van der Waals surface area (Å²) in [5.41, 5.74) is 7.95. The minimum Gasteiger partial charge on any atom is -0.317 e. The molecule has 0 radical (unpaired) electrons. The normalized spacial score (nSPS) is 15.4. The fourth-order valence-corrected chi connectivity index (χ4v) is 13.0. The van der Waals surface area contributed by atoms with E-state index in [1.807, 2.05) is 42.5 Å². The summed E-state index contributed by atoms with van der Waals surface area (Å²) in [7, 11) is 0. The van der Waals surface area contributed by atoms with Crippen LogP contribution in [-0.4, -0.2) is 62.9 Å². The topological polar surface area (TPSA) is 90.5 Å². The van der Waals surface area contributed by atoms with E-state index in [2.05, 4.69) is 71.5 Å². The van der Waals surface area contributed by atoms with Crippen LogP contribution in [0, 0.1) is 0 Å². The molecule has 0 aliphatic carbocycles. The van der Waals surface area contributed by atoms with Crippen molar-refractivity contribution in [2.75, 3.05) is 23.7 Å². The number of rotatable bonds is 11. The highest BCUT2D eigenvalue weighted by molar-refractivity contribution is 7.23. The Kier molecular flexibility index (Phi) is 11.4. The van der Waals surface area contributed by atoms with Gasteiger partial charge in [-0.2, -0.15) is 13.2 Å². The van der Waals surface area contributed by atoms with Gasteiger partial charge in [-0.15, -0.1) is 45.3 Å². The van der Waals surface area contributed by atoms with Crippen molar-refractivity contribution in [3.05, 3.63) is 105 Å². The molecule has 0 bridgehead atoms. The number of aryl methyl sites for hydroxylation is 1. The van der Waals surface area contributed by atoms with Crippen LogP contribution in [0.15, 0.2) is 72.8 Å². The van der Waals surface area contributed by atoms with Crippen LogP contribution in [0.4, 0.5) is 23.2 Å². The van der Waals surface area contributed by atoms with E-state index in [1.165, 1.54) is 38.7 Å². The van der Waals surface area contributed by atoms with Crippen molar-refractivity contribution in [3.63, 3.8) is 0 Å². The van der Waals surface area contributed by atoms with Crippen LogP contribution < -0.4 is 10.6 Å². The standard InChI is InChI=1S/C45H43F3N6O2S4/c1-25(2)53-20-18-29-35(23-53)59-42(38(29)40-49-31-8-4-6-10-33(31)57-40)51-37(55)17-16-27-12-14-28(15-13-27)22-26(3)54-21-19-30-36(24-54)60-43(52-44(56)45(46,47)48)39(30)41-50-32-9-5-7-11-34(32)58-41/h4-15,25-26H,16-24H2,1-3H3,(H,51,55)(H,52,56). The molecule has 7 aromatic rings. The fraction of sp³-hybridized carbons (Fsp3) is 0.333. The van der Waals surface area contributed by atoms with E-state index in [0.717, 1.165) is 84.5 Å². The smallest absolute Gasteiger partial charge is 0.317 e. The van der Waals surface area contributed by atoms with Gasteiger partial charge in [0.1, 0.15) is 20.0 Å². The molecule has 2 aliphatic heterocycles. The van der Waals surface area contributed by atoms with Crippen LogP contribution in [0.3, 0.4) is 0 Å². The van der Waals surface area contributed by atoms with Crippen LogP contribution in [0.2, 0.25) is 0 Å². The van der Waals surface area contributed by atoms with Gasteiger partial charge in [-0.3, -0.25) is 19.4 Å². The molecular formula is C45H43F3N6O2S4. The molecule has 2 amide bonds. The minimum atomic E-state index is -5.00.